The number of fused-ring (bicyclic) bond motifs is 3. The number of aryl methyl sites for hydroxylation is 2. The van der Waals surface area contributed by atoms with Gasteiger partial charge >= 0.3 is 11.8 Å². The zero-order chi connectivity index (χ0) is 21.8. The van der Waals surface area contributed by atoms with Crippen LogP contribution in [0.3, 0.4) is 0 Å². The largest absolute Gasteiger partial charge is 0.340 e. The molecule has 1 aliphatic rings. The minimum Gasteiger partial charge on any atom is -0.194 e. The Labute approximate surface area is 177 Å². The number of benzene rings is 2. The summed E-state index contributed by atoms with van der Waals surface area (Å²) in [7, 11) is 0. The summed E-state index contributed by atoms with van der Waals surface area (Å²) in [6.07, 6.45) is 9.43. The maximum Gasteiger partial charge on any atom is 0.340 e. The van der Waals surface area contributed by atoms with E-state index in [4.69, 9.17) is 0 Å². The summed E-state index contributed by atoms with van der Waals surface area (Å²) in [4.78, 5) is 0. The van der Waals surface area contributed by atoms with Crippen LogP contribution in [0.2, 0.25) is 0 Å². The van der Waals surface area contributed by atoms with E-state index >= 15 is 17.6 Å². The summed E-state index contributed by atoms with van der Waals surface area (Å²) in [5.74, 6) is -8.43. The lowest BCUT2D eigenvalue weighted by Gasteiger charge is -2.35. The van der Waals surface area contributed by atoms with Gasteiger partial charge < -0.3 is 0 Å². The van der Waals surface area contributed by atoms with E-state index < -0.39 is 23.0 Å². The van der Waals surface area contributed by atoms with Gasteiger partial charge in [-0.3, -0.25) is 0 Å². The lowest BCUT2D eigenvalue weighted by atomic mass is 9.78. The summed E-state index contributed by atoms with van der Waals surface area (Å²) in [5.41, 5.74) is 0.798. The molecule has 0 atom stereocenters. The van der Waals surface area contributed by atoms with Crippen LogP contribution in [0.25, 0.3) is 11.1 Å². The highest BCUT2D eigenvalue weighted by molar-refractivity contribution is 5.76. The van der Waals surface area contributed by atoms with Gasteiger partial charge in [0.2, 0.25) is 0 Å². The molecular formula is C26H32F4. The van der Waals surface area contributed by atoms with Gasteiger partial charge in [0.1, 0.15) is 0 Å². The molecule has 0 saturated heterocycles. The average Bonchev–Trinajstić information content (AvgIpc) is 2.73. The molecule has 164 valence electrons. The molecule has 4 heteroatoms. The topological polar surface area (TPSA) is 0 Å². The van der Waals surface area contributed by atoms with E-state index in [2.05, 4.69) is 13.8 Å². The fourth-order valence-electron chi connectivity index (χ4n) is 4.33. The standard InChI is InChI=1S/C26H32F4/c1-3-5-7-9-11-19-13-15-21-22-16-14-20(12-10-8-6-4-2)18-24(22)26(29,30)25(27,28)23(21)17-19/h13-18H,3-12H2,1-2H3. The van der Waals surface area contributed by atoms with Crippen molar-refractivity contribution in [3.8, 4) is 11.1 Å². The molecule has 0 fully saturated rings. The van der Waals surface area contributed by atoms with Crippen molar-refractivity contribution < 1.29 is 17.6 Å². The molecular weight excluding hydrogens is 388 g/mol. The smallest absolute Gasteiger partial charge is 0.194 e. The minimum atomic E-state index is -4.21. The van der Waals surface area contributed by atoms with Crippen molar-refractivity contribution in [1.29, 1.82) is 0 Å². The predicted octanol–water partition coefficient (Wildman–Crippen LogP) is 8.80. The molecule has 3 rings (SSSR count). The van der Waals surface area contributed by atoms with Gasteiger partial charge in [0, 0.05) is 11.1 Å². The van der Waals surface area contributed by atoms with Crippen molar-refractivity contribution in [3.63, 3.8) is 0 Å². The molecule has 0 saturated carbocycles. The average molecular weight is 421 g/mol. The van der Waals surface area contributed by atoms with Crippen LogP contribution in [0.5, 0.6) is 0 Å². The highest BCUT2D eigenvalue weighted by atomic mass is 19.3. The maximum absolute atomic E-state index is 15.0. The number of halogens is 4. The van der Waals surface area contributed by atoms with Gasteiger partial charge in [0.25, 0.3) is 0 Å². The van der Waals surface area contributed by atoms with E-state index in [1.165, 1.54) is 12.1 Å². The normalized spacial score (nSPS) is 16.2. The second kappa shape index (κ2) is 9.53. The fourth-order valence-corrected chi connectivity index (χ4v) is 4.33. The zero-order valence-corrected chi connectivity index (χ0v) is 18.0. The van der Waals surface area contributed by atoms with Crippen molar-refractivity contribution in [2.24, 2.45) is 0 Å². The molecule has 2 aromatic carbocycles. The Bertz CT molecular complexity index is 783. The van der Waals surface area contributed by atoms with Crippen LogP contribution in [0.1, 0.15) is 87.5 Å². The molecule has 0 unspecified atom stereocenters. The van der Waals surface area contributed by atoms with Crippen LogP contribution < -0.4 is 0 Å². The number of hydrogen-bond donors (Lipinski definition) is 0. The van der Waals surface area contributed by atoms with E-state index in [0.29, 0.717) is 24.0 Å². The summed E-state index contributed by atoms with van der Waals surface area (Å²) in [6.45, 7) is 4.21. The molecule has 0 N–H and O–H groups in total. The molecule has 1 aliphatic carbocycles. The summed E-state index contributed by atoms with van der Waals surface area (Å²) >= 11 is 0. The number of rotatable bonds is 10. The van der Waals surface area contributed by atoms with Gasteiger partial charge in [-0.25, -0.2) is 0 Å². The van der Waals surface area contributed by atoms with Crippen molar-refractivity contribution in [2.45, 2.75) is 89.9 Å². The molecule has 0 heterocycles. The highest BCUT2D eigenvalue weighted by Crippen LogP contribution is 2.58. The Kier molecular flexibility index (Phi) is 7.26. The molecule has 0 bridgehead atoms. The lowest BCUT2D eigenvalue weighted by molar-refractivity contribution is -0.225. The van der Waals surface area contributed by atoms with Crippen LogP contribution in [0.4, 0.5) is 17.6 Å². The summed E-state index contributed by atoms with van der Waals surface area (Å²) in [6, 6.07) is 9.44. The van der Waals surface area contributed by atoms with E-state index in [-0.39, 0.29) is 11.1 Å². The zero-order valence-electron chi connectivity index (χ0n) is 18.0. The van der Waals surface area contributed by atoms with Crippen LogP contribution in [0.15, 0.2) is 36.4 Å². The third kappa shape index (κ3) is 4.43. The minimum absolute atomic E-state index is 0.232. The van der Waals surface area contributed by atoms with Crippen molar-refractivity contribution in [2.75, 3.05) is 0 Å². The maximum atomic E-state index is 15.0. The molecule has 0 nitrogen and oxygen atoms in total. The Morgan fingerprint density at radius 1 is 0.567 bits per heavy atom. The number of alkyl halides is 4. The van der Waals surface area contributed by atoms with Gasteiger partial charge in [-0.05, 0) is 60.1 Å². The SMILES string of the molecule is CCCCCCc1ccc2c(c1)C(F)(F)C(F)(F)c1cc(CCCCCC)ccc1-2. The van der Waals surface area contributed by atoms with Crippen molar-refractivity contribution >= 4 is 0 Å². The van der Waals surface area contributed by atoms with Gasteiger partial charge in [0.15, 0.2) is 0 Å². The number of unbranched alkanes of at least 4 members (excludes halogenated alkanes) is 6. The van der Waals surface area contributed by atoms with E-state index in [1.807, 2.05) is 12.1 Å². The predicted molar refractivity (Wildman–Crippen MR) is 115 cm³/mol. The van der Waals surface area contributed by atoms with Crippen molar-refractivity contribution in [3.05, 3.63) is 58.7 Å². The Balaban J connectivity index is 1.92. The monoisotopic (exact) mass is 420 g/mol. The van der Waals surface area contributed by atoms with Gasteiger partial charge in [-0.2, -0.15) is 17.6 Å². The fraction of sp³-hybridized carbons (Fsp3) is 0.538. The van der Waals surface area contributed by atoms with Gasteiger partial charge in [-0.1, -0.05) is 76.6 Å². The van der Waals surface area contributed by atoms with Crippen LogP contribution in [-0.2, 0) is 24.7 Å². The van der Waals surface area contributed by atoms with E-state index in [0.717, 1.165) is 51.4 Å². The van der Waals surface area contributed by atoms with E-state index in [1.54, 1.807) is 12.1 Å². The lowest BCUT2D eigenvalue weighted by Crippen LogP contribution is -2.39. The second-order valence-electron chi connectivity index (χ2n) is 8.53. The first-order valence-electron chi connectivity index (χ1n) is 11.4. The van der Waals surface area contributed by atoms with Gasteiger partial charge in [0.05, 0.1) is 0 Å². The van der Waals surface area contributed by atoms with Gasteiger partial charge in [-0.15, -0.1) is 0 Å². The summed E-state index contributed by atoms with van der Waals surface area (Å²) < 4.78 is 60.0. The molecule has 0 aromatic heterocycles. The molecule has 2 aromatic rings. The second-order valence-corrected chi connectivity index (χ2v) is 8.53. The molecule has 0 radical (unpaired) electrons. The van der Waals surface area contributed by atoms with E-state index in [9.17, 15) is 0 Å². The first kappa shape index (κ1) is 22.8. The molecule has 0 amide bonds. The number of hydrogen-bond acceptors (Lipinski definition) is 0. The highest BCUT2D eigenvalue weighted by Gasteiger charge is 2.62. The first-order chi connectivity index (χ1) is 14.3. The Morgan fingerprint density at radius 3 is 1.33 bits per heavy atom. The molecule has 0 aliphatic heterocycles. The van der Waals surface area contributed by atoms with Crippen LogP contribution in [-0.4, -0.2) is 0 Å². The molecule has 0 spiro atoms. The molecule has 30 heavy (non-hydrogen) atoms. The van der Waals surface area contributed by atoms with Crippen molar-refractivity contribution in [1.82, 2.24) is 0 Å². The Hall–Kier alpha value is -1.84. The first-order valence-corrected chi connectivity index (χ1v) is 11.4. The summed E-state index contributed by atoms with van der Waals surface area (Å²) in [5, 5.41) is 0. The third-order valence-electron chi connectivity index (χ3n) is 6.17. The Morgan fingerprint density at radius 2 is 0.967 bits per heavy atom. The van der Waals surface area contributed by atoms with Crippen LogP contribution >= 0.6 is 0 Å². The third-order valence-corrected chi connectivity index (χ3v) is 6.17. The quantitative estimate of drug-likeness (QED) is 0.266. The van der Waals surface area contributed by atoms with Crippen LogP contribution in [0, 0.1) is 0 Å².